The van der Waals surface area contributed by atoms with Gasteiger partial charge in [0.1, 0.15) is 0 Å². The summed E-state index contributed by atoms with van der Waals surface area (Å²) in [6.45, 7) is 3.28. The number of nitrogens with zero attached hydrogens (tertiary/aromatic N) is 2. The lowest BCUT2D eigenvalue weighted by Gasteiger charge is -2.27. The van der Waals surface area contributed by atoms with Gasteiger partial charge in [0.2, 0.25) is 0 Å². The summed E-state index contributed by atoms with van der Waals surface area (Å²) in [4.78, 5) is 17.9. The summed E-state index contributed by atoms with van der Waals surface area (Å²) in [5, 5.41) is 3.22. The van der Waals surface area contributed by atoms with Crippen LogP contribution in [0.3, 0.4) is 0 Å². The molecule has 1 aliphatic rings. The quantitative estimate of drug-likeness (QED) is 0.851. The summed E-state index contributed by atoms with van der Waals surface area (Å²) >= 11 is 3.34. The predicted octanol–water partition coefficient (Wildman–Crippen LogP) is 1.31. The van der Waals surface area contributed by atoms with Gasteiger partial charge in [-0.3, -0.25) is 9.78 Å². The first-order valence-electron chi connectivity index (χ1n) is 4.88. The highest BCUT2D eigenvalue weighted by Gasteiger charge is 2.19. The molecule has 2 rings (SSSR count). The van der Waals surface area contributed by atoms with Crippen molar-refractivity contribution < 1.29 is 4.79 Å². The van der Waals surface area contributed by atoms with Crippen molar-refractivity contribution >= 4 is 34.2 Å². The second kappa shape index (κ2) is 6.18. The van der Waals surface area contributed by atoms with E-state index in [1.54, 1.807) is 18.5 Å². The number of amides is 1. The number of hydrogen-bond donors (Lipinski definition) is 1. The topological polar surface area (TPSA) is 45.2 Å². The third-order valence-corrected chi connectivity index (χ3v) is 3.04. The fourth-order valence-corrected chi connectivity index (χ4v) is 2.01. The van der Waals surface area contributed by atoms with Crippen molar-refractivity contribution in [2.45, 2.75) is 0 Å². The van der Waals surface area contributed by atoms with Gasteiger partial charge < -0.3 is 10.2 Å². The number of rotatable bonds is 1. The van der Waals surface area contributed by atoms with Gasteiger partial charge in [0.05, 0.1) is 5.56 Å². The molecule has 16 heavy (non-hydrogen) atoms. The van der Waals surface area contributed by atoms with E-state index in [-0.39, 0.29) is 18.3 Å². The number of nitrogens with one attached hydrogen (secondary N) is 1. The third-order valence-electron chi connectivity index (χ3n) is 2.41. The van der Waals surface area contributed by atoms with Gasteiger partial charge in [0, 0.05) is 43.0 Å². The fraction of sp³-hybridized carbons (Fsp3) is 0.400. The maximum Gasteiger partial charge on any atom is 0.255 e. The highest BCUT2D eigenvalue weighted by Crippen LogP contribution is 2.16. The van der Waals surface area contributed by atoms with Gasteiger partial charge in [0.15, 0.2) is 0 Å². The first-order chi connectivity index (χ1) is 7.29. The molecule has 0 radical (unpaired) electrons. The molecule has 1 N–H and O–H groups in total. The molecule has 1 fully saturated rings. The molecule has 0 saturated carbocycles. The molecule has 0 spiro atoms. The van der Waals surface area contributed by atoms with Crippen molar-refractivity contribution in [2.75, 3.05) is 26.2 Å². The first kappa shape index (κ1) is 13.4. The van der Waals surface area contributed by atoms with E-state index < -0.39 is 0 Å². The molecule has 1 saturated heterocycles. The highest BCUT2D eigenvalue weighted by molar-refractivity contribution is 9.10. The Bertz CT molecular complexity index is 369. The van der Waals surface area contributed by atoms with Gasteiger partial charge in [-0.15, -0.1) is 12.4 Å². The Morgan fingerprint density at radius 1 is 1.44 bits per heavy atom. The zero-order valence-corrected chi connectivity index (χ0v) is 11.1. The summed E-state index contributed by atoms with van der Waals surface area (Å²) in [6, 6.07) is 1.74. The van der Waals surface area contributed by atoms with Crippen molar-refractivity contribution in [2.24, 2.45) is 0 Å². The molecule has 1 aromatic rings. The van der Waals surface area contributed by atoms with Crippen LogP contribution >= 0.6 is 28.3 Å². The Labute approximate surface area is 109 Å². The molecule has 1 aliphatic heterocycles. The SMILES string of the molecule is Cl.O=C(c1ccncc1Br)N1CCNCC1. The van der Waals surface area contributed by atoms with E-state index in [1.807, 2.05) is 4.90 Å². The van der Waals surface area contributed by atoms with Crippen LogP contribution in [0.15, 0.2) is 22.9 Å². The van der Waals surface area contributed by atoms with E-state index >= 15 is 0 Å². The summed E-state index contributed by atoms with van der Waals surface area (Å²) in [5.41, 5.74) is 0.687. The minimum atomic E-state index is 0. The van der Waals surface area contributed by atoms with E-state index in [1.165, 1.54) is 0 Å². The lowest BCUT2D eigenvalue weighted by Crippen LogP contribution is -2.46. The van der Waals surface area contributed by atoms with E-state index in [9.17, 15) is 4.79 Å². The van der Waals surface area contributed by atoms with Gasteiger partial charge in [0.25, 0.3) is 5.91 Å². The molecule has 2 heterocycles. The number of piperazine rings is 1. The van der Waals surface area contributed by atoms with Crippen LogP contribution in [-0.4, -0.2) is 42.0 Å². The molecule has 1 aromatic heterocycles. The number of carbonyl (C=O) groups excluding carboxylic acids is 1. The predicted molar refractivity (Wildman–Crippen MR) is 68.0 cm³/mol. The Morgan fingerprint density at radius 2 is 2.12 bits per heavy atom. The van der Waals surface area contributed by atoms with Gasteiger partial charge in [-0.1, -0.05) is 0 Å². The average Bonchev–Trinajstić information content (AvgIpc) is 2.30. The number of pyridine rings is 1. The van der Waals surface area contributed by atoms with Crippen molar-refractivity contribution in [3.8, 4) is 0 Å². The van der Waals surface area contributed by atoms with Gasteiger partial charge in [-0.05, 0) is 22.0 Å². The summed E-state index contributed by atoms with van der Waals surface area (Å²) in [6.07, 6.45) is 3.29. The van der Waals surface area contributed by atoms with Crippen molar-refractivity contribution in [1.29, 1.82) is 0 Å². The summed E-state index contributed by atoms with van der Waals surface area (Å²) < 4.78 is 0.758. The monoisotopic (exact) mass is 305 g/mol. The molecule has 6 heteroatoms. The fourth-order valence-electron chi connectivity index (χ4n) is 1.59. The molecule has 0 aliphatic carbocycles. The van der Waals surface area contributed by atoms with Crippen LogP contribution < -0.4 is 5.32 Å². The standard InChI is InChI=1S/C10H12BrN3O.ClH/c11-9-7-13-2-1-8(9)10(15)14-5-3-12-4-6-14;/h1-2,7,12H,3-6H2;1H. The average molecular weight is 307 g/mol. The van der Waals surface area contributed by atoms with Crippen molar-refractivity contribution in [3.63, 3.8) is 0 Å². The molecule has 0 bridgehead atoms. The highest BCUT2D eigenvalue weighted by atomic mass is 79.9. The van der Waals surface area contributed by atoms with Crippen LogP contribution in [0.4, 0.5) is 0 Å². The normalized spacial score (nSPS) is 15.4. The van der Waals surface area contributed by atoms with Crippen LogP contribution in [0.25, 0.3) is 0 Å². The van der Waals surface area contributed by atoms with Gasteiger partial charge >= 0.3 is 0 Å². The van der Waals surface area contributed by atoms with E-state index in [0.29, 0.717) is 5.56 Å². The Morgan fingerprint density at radius 3 is 2.75 bits per heavy atom. The van der Waals surface area contributed by atoms with Crippen LogP contribution in [0.2, 0.25) is 0 Å². The second-order valence-electron chi connectivity index (χ2n) is 3.40. The first-order valence-corrected chi connectivity index (χ1v) is 5.68. The zero-order chi connectivity index (χ0) is 10.7. The lowest BCUT2D eigenvalue weighted by molar-refractivity contribution is 0.0735. The largest absolute Gasteiger partial charge is 0.336 e. The van der Waals surface area contributed by atoms with Gasteiger partial charge in [-0.25, -0.2) is 0 Å². The number of carbonyl (C=O) groups is 1. The number of halogens is 2. The summed E-state index contributed by atoms with van der Waals surface area (Å²) in [5.74, 6) is 0.0748. The number of aromatic nitrogens is 1. The van der Waals surface area contributed by atoms with Crippen molar-refractivity contribution in [3.05, 3.63) is 28.5 Å². The maximum absolute atomic E-state index is 12.1. The molecule has 0 aromatic carbocycles. The van der Waals surface area contributed by atoms with Crippen molar-refractivity contribution in [1.82, 2.24) is 15.2 Å². The molecule has 1 amide bonds. The van der Waals surface area contributed by atoms with E-state index in [2.05, 4.69) is 26.2 Å². The minimum absolute atomic E-state index is 0. The molecule has 4 nitrogen and oxygen atoms in total. The van der Waals surface area contributed by atoms with Crippen LogP contribution in [-0.2, 0) is 0 Å². The van der Waals surface area contributed by atoms with Crippen LogP contribution in [0.1, 0.15) is 10.4 Å². The third kappa shape index (κ3) is 2.93. The van der Waals surface area contributed by atoms with Crippen LogP contribution in [0, 0.1) is 0 Å². The molecular weight excluding hydrogens is 293 g/mol. The van der Waals surface area contributed by atoms with Gasteiger partial charge in [-0.2, -0.15) is 0 Å². The molecule has 88 valence electrons. The van der Waals surface area contributed by atoms with Crippen LogP contribution in [0.5, 0.6) is 0 Å². The Kier molecular flexibility index (Phi) is 5.18. The smallest absolute Gasteiger partial charge is 0.255 e. The van der Waals surface area contributed by atoms with E-state index in [4.69, 9.17) is 0 Å². The minimum Gasteiger partial charge on any atom is -0.336 e. The summed E-state index contributed by atoms with van der Waals surface area (Å²) in [7, 11) is 0. The maximum atomic E-state index is 12.1. The Hall–Kier alpha value is -0.650. The lowest BCUT2D eigenvalue weighted by atomic mass is 10.2. The van der Waals surface area contributed by atoms with E-state index in [0.717, 1.165) is 30.7 Å². The molecule has 0 unspecified atom stereocenters. The second-order valence-corrected chi connectivity index (χ2v) is 4.25. The number of hydrogen-bond acceptors (Lipinski definition) is 3. The molecular formula is C10H13BrClN3O. The Balaban J connectivity index is 0.00000128. The molecule has 0 atom stereocenters. The zero-order valence-electron chi connectivity index (χ0n) is 8.65.